The average Bonchev–Trinajstić information content (AvgIpc) is 2.41. The van der Waals surface area contributed by atoms with Gasteiger partial charge in [-0.1, -0.05) is 34.1 Å². The molecular formula is C16H16Br2FN. The molecule has 2 aromatic rings. The van der Waals surface area contributed by atoms with Gasteiger partial charge in [-0.05, 0) is 65.2 Å². The van der Waals surface area contributed by atoms with Gasteiger partial charge >= 0.3 is 0 Å². The van der Waals surface area contributed by atoms with Gasteiger partial charge in [0.05, 0.1) is 4.47 Å². The summed E-state index contributed by atoms with van der Waals surface area (Å²) in [5.41, 5.74) is 2.27. The largest absolute Gasteiger partial charge is 0.304 e. The first-order valence-corrected chi connectivity index (χ1v) is 8.02. The Morgan fingerprint density at radius 1 is 0.950 bits per heavy atom. The van der Waals surface area contributed by atoms with E-state index >= 15 is 0 Å². The van der Waals surface area contributed by atoms with Crippen LogP contribution in [0.2, 0.25) is 0 Å². The number of nitrogens with one attached hydrogen (secondary N) is 1. The van der Waals surface area contributed by atoms with Crippen LogP contribution in [-0.4, -0.2) is 0 Å². The zero-order valence-electron chi connectivity index (χ0n) is 11.3. The van der Waals surface area contributed by atoms with E-state index in [0.717, 1.165) is 10.0 Å². The fourth-order valence-corrected chi connectivity index (χ4v) is 2.94. The molecule has 1 unspecified atom stereocenters. The smallest absolute Gasteiger partial charge is 0.137 e. The van der Waals surface area contributed by atoms with E-state index in [1.807, 2.05) is 24.3 Å². The van der Waals surface area contributed by atoms with E-state index in [-0.39, 0.29) is 17.9 Å². The van der Waals surface area contributed by atoms with Gasteiger partial charge in [0.2, 0.25) is 0 Å². The van der Waals surface area contributed by atoms with Gasteiger partial charge in [0, 0.05) is 16.6 Å². The molecule has 0 radical (unpaired) electrons. The molecule has 0 spiro atoms. The first-order valence-electron chi connectivity index (χ1n) is 6.44. The van der Waals surface area contributed by atoms with Crippen LogP contribution in [0, 0.1) is 5.82 Å². The molecule has 0 amide bonds. The van der Waals surface area contributed by atoms with E-state index in [2.05, 4.69) is 63.2 Å². The molecule has 0 fully saturated rings. The molecule has 106 valence electrons. The SMILES string of the molecule is CC(N[C@@H](C)c1cccc(Br)c1)c1ccc(F)c(Br)c1. The highest BCUT2D eigenvalue weighted by molar-refractivity contribution is 9.10. The Bertz CT molecular complexity index is 601. The van der Waals surface area contributed by atoms with Crippen molar-refractivity contribution in [3.05, 3.63) is 68.4 Å². The summed E-state index contributed by atoms with van der Waals surface area (Å²) < 4.78 is 14.8. The third-order valence-corrected chi connectivity index (χ3v) is 4.39. The summed E-state index contributed by atoms with van der Waals surface area (Å²) in [5, 5.41) is 3.52. The van der Waals surface area contributed by atoms with Crippen molar-refractivity contribution >= 4 is 31.9 Å². The first kappa shape index (κ1) is 15.7. The molecule has 2 aromatic carbocycles. The number of halogens is 3. The zero-order valence-corrected chi connectivity index (χ0v) is 14.5. The molecule has 2 atom stereocenters. The Balaban J connectivity index is 2.10. The molecular weight excluding hydrogens is 385 g/mol. The second-order valence-corrected chi connectivity index (χ2v) is 6.61. The molecule has 0 heterocycles. The van der Waals surface area contributed by atoms with Crippen molar-refractivity contribution in [3.63, 3.8) is 0 Å². The van der Waals surface area contributed by atoms with E-state index in [4.69, 9.17) is 0 Å². The maximum absolute atomic E-state index is 13.3. The predicted octanol–water partition coefficient (Wildman–Crippen LogP) is 5.76. The summed E-state index contributed by atoms with van der Waals surface area (Å²) in [5.74, 6) is -0.235. The summed E-state index contributed by atoms with van der Waals surface area (Å²) in [7, 11) is 0. The van der Waals surface area contributed by atoms with Crippen LogP contribution in [0.15, 0.2) is 51.4 Å². The normalized spacial score (nSPS) is 14.1. The van der Waals surface area contributed by atoms with Crippen LogP contribution >= 0.6 is 31.9 Å². The minimum absolute atomic E-state index is 0.140. The van der Waals surface area contributed by atoms with Crippen molar-refractivity contribution < 1.29 is 4.39 Å². The van der Waals surface area contributed by atoms with Crippen LogP contribution in [0.3, 0.4) is 0 Å². The lowest BCUT2D eigenvalue weighted by Crippen LogP contribution is -2.22. The maximum Gasteiger partial charge on any atom is 0.137 e. The molecule has 0 saturated carbocycles. The standard InChI is InChI=1S/C16H16Br2FN/c1-10(12-4-3-5-14(17)8-12)20-11(2)13-6-7-16(19)15(18)9-13/h3-11,20H,1-2H3/t10-,11?/m0/s1. The molecule has 20 heavy (non-hydrogen) atoms. The summed E-state index contributed by atoms with van der Waals surface area (Å²) in [4.78, 5) is 0. The summed E-state index contributed by atoms with van der Waals surface area (Å²) in [6, 6.07) is 13.7. The number of hydrogen-bond donors (Lipinski definition) is 1. The molecule has 0 aromatic heterocycles. The molecule has 0 aliphatic heterocycles. The quantitative estimate of drug-likeness (QED) is 0.687. The minimum Gasteiger partial charge on any atom is -0.304 e. The van der Waals surface area contributed by atoms with E-state index in [9.17, 15) is 4.39 Å². The van der Waals surface area contributed by atoms with Crippen LogP contribution in [0.4, 0.5) is 4.39 Å². The zero-order chi connectivity index (χ0) is 14.7. The van der Waals surface area contributed by atoms with Gasteiger partial charge in [-0.2, -0.15) is 0 Å². The lowest BCUT2D eigenvalue weighted by Gasteiger charge is -2.21. The average molecular weight is 401 g/mol. The Morgan fingerprint density at radius 3 is 2.20 bits per heavy atom. The maximum atomic E-state index is 13.3. The van der Waals surface area contributed by atoms with Crippen molar-refractivity contribution in [3.8, 4) is 0 Å². The molecule has 1 nitrogen and oxygen atoms in total. The van der Waals surface area contributed by atoms with Crippen LogP contribution in [0.5, 0.6) is 0 Å². The summed E-state index contributed by atoms with van der Waals surface area (Å²) in [6.45, 7) is 4.20. The minimum atomic E-state index is -0.235. The van der Waals surface area contributed by atoms with Gasteiger partial charge in [0.15, 0.2) is 0 Å². The van der Waals surface area contributed by atoms with E-state index in [1.165, 1.54) is 11.6 Å². The predicted molar refractivity (Wildman–Crippen MR) is 88.2 cm³/mol. The Kier molecular flexibility index (Phi) is 5.35. The Labute approximate surface area is 135 Å². The van der Waals surface area contributed by atoms with E-state index < -0.39 is 0 Å². The molecule has 0 aliphatic carbocycles. The van der Waals surface area contributed by atoms with Gasteiger partial charge in [-0.25, -0.2) is 4.39 Å². The van der Waals surface area contributed by atoms with Gasteiger partial charge < -0.3 is 5.32 Å². The lowest BCUT2D eigenvalue weighted by molar-refractivity contribution is 0.493. The molecule has 0 aliphatic rings. The number of rotatable bonds is 4. The van der Waals surface area contributed by atoms with Gasteiger partial charge in [0.1, 0.15) is 5.82 Å². The molecule has 2 rings (SSSR count). The Hall–Kier alpha value is -0.710. The molecule has 0 saturated heterocycles. The van der Waals surface area contributed by atoms with Gasteiger partial charge in [-0.15, -0.1) is 0 Å². The second-order valence-electron chi connectivity index (χ2n) is 4.84. The van der Waals surface area contributed by atoms with Gasteiger partial charge in [-0.3, -0.25) is 0 Å². The van der Waals surface area contributed by atoms with Crippen molar-refractivity contribution in [2.24, 2.45) is 0 Å². The number of hydrogen-bond acceptors (Lipinski definition) is 1. The van der Waals surface area contributed by atoms with Crippen molar-refractivity contribution in [1.29, 1.82) is 0 Å². The third kappa shape index (κ3) is 3.90. The van der Waals surface area contributed by atoms with E-state index in [1.54, 1.807) is 0 Å². The highest BCUT2D eigenvalue weighted by atomic mass is 79.9. The topological polar surface area (TPSA) is 12.0 Å². The highest BCUT2D eigenvalue weighted by Gasteiger charge is 2.12. The van der Waals surface area contributed by atoms with Crippen LogP contribution < -0.4 is 5.32 Å². The fourth-order valence-electron chi connectivity index (χ4n) is 2.13. The fraction of sp³-hybridized carbons (Fsp3) is 0.250. The van der Waals surface area contributed by atoms with Crippen molar-refractivity contribution in [2.45, 2.75) is 25.9 Å². The van der Waals surface area contributed by atoms with Crippen LogP contribution in [0.25, 0.3) is 0 Å². The first-order chi connectivity index (χ1) is 9.47. The van der Waals surface area contributed by atoms with Crippen molar-refractivity contribution in [2.75, 3.05) is 0 Å². The van der Waals surface area contributed by atoms with Crippen LogP contribution in [0.1, 0.15) is 37.1 Å². The summed E-state index contributed by atoms with van der Waals surface area (Å²) in [6.07, 6.45) is 0. The van der Waals surface area contributed by atoms with Crippen LogP contribution in [-0.2, 0) is 0 Å². The molecule has 0 bridgehead atoms. The van der Waals surface area contributed by atoms with Crippen molar-refractivity contribution in [1.82, 2.24) is 5.32 Å². The number of benzene rings is 2. The monoisotopic (exact) mass is 399 g/mol. The Morgan fingerprint density at radius 2 is 1.60 bits per heavy atom. The lowest BCUT2D eigenvalue weighted by atomic mass is 10.0. The summed E-state index contributed by atoms with van der Waals surface area (Å²) >= 11 is 6.71. The highest BCUT2D eigenvalue weighted by Crippen LogP contribution is 2.24. The molecule has 4 heteroatoms. The molecule has 1 N–H and O–H groups in total. The third-order valence-electron chi connectivity index (χ3n) is 3.29. The van der Waals surface area contributed by atoms with E-state index in [0.29, 0.717) is 4.47 Å². The van der Waals surface area contributed by atoms with Gasteiger partial charge in [0.25, 0.3) is 0 Å². The second kappa shape index (κ2) is 6.83.